The van der Waals surface area contributed by atoms with E-state index < -0.39 is 6.10 Å². The Hall–Kier alpha value is -0.550. The van der Waals surface area contributed by atoms with E-state index in [4.69, 9.17) is 16.3 Å². The lowest BCUT2D eigenvalue weighted by molar-refractivity contribution is 0.0656. The van der Waals surface area contributed by atoms with Crippen LogP contribution in [-0.2, 0) is 0 Å². The van der Waals surface area contributed by atoms with E-state index in [1.54, 1.807) is 0 Å². The maximum atomic E-state index is 10.3. The van der Waals surface area contributed by atoms with E-state index >= 15 is 0 Å². The van der Waals surface area contributed by atoms with Gasteiger partial charge in [-0.3, -0.25) is 0 Å². The molecule has 0 aromatic heterocycles. The topological polar surface area (TPSA) is 29.5 Å². The van der Waals surface area contributed by atoms with E-state index in [1.807, 2.05) is 36.4 Å². The first-order chi connectivity index (χ1) is 9.54. The molecule has 1 aliphatic rings. The molecule has 3 rings (SSSR count). The summed E-state index contributed by atoms with van der Waals surface area (Å²) < 4.78 is 7.77. The zero-order valence-electron chi connectivity index (χ0n) is 10.3. The molecule has 0 spiro atoms. The number of benzene rings is 2. The minimum Gasteiger partial charge on any atom is -0.485 e. The molecule has 0 radical (unpaired) electrons. The molecule has 2 aromatic carbocycles. The number of aliphatic hydroxyl groups excluding tert-OH is 1. The van der Waals surface area contributed by atoms with Gasteiger partial charge in [-0.25, -0.2) is 0 Å². The van der Waals surface area contributed by atoms with Gasteiger partial charge >= 0.3 is 0 Å². The molecule has 0 bridgehead atoms. The Balaban J connectivity index is 1.96. The lowest BCUT2D eigenvalue weighted by Crippen LogP contribution is -2.19. The summed E-state index contributed by atoms with van der Waals surface area (Å²) in [6.45, 7) is 0. The molecule has 0 saturated heterocycles. The standard InChI is InChI=1S/C15H11Br2ClO2/c16-9-2-3-10-13(19)7-14(20-15(10)6-9)8-1-4-12(18)11(17)5-8/h1-6,13-14,19H,7H2/t13-,14?/m0/s1. The predicted molar refractivity (Wildman–Crippen MR) is 86.2 cm³/mol. The fraction of sp³-hybridized carbons (Fsp3) is 0.200. The van der Waals surface area contributed by atoms with Gasteiger partial charge in [-0.1, -0.05) is 39.7 Å². The average molecular weight is 419 g/mol. The fourth-order valence-corrected chi connectivity index (χ4v) is 3.19. The van der Waals surface area contributed by atoms with Crippen molar-refractivity contribution in [2.24, 2.45) is 0 Å². The largest absolute Gasteiger partial charge is 0.485 e. The van der Waals surface area contributed by atoms with Crippen LogP contribution in [0, 0.1) is 0 Å². The minimum absolute atomic E-state index is 0.180. The predicted octanol–water partition coefficient (Wildman–Crippen LogP) is 5.42. The Bertz CT molecular complexity index is 660. The van der Waals surface area contributed by atoms with Crippen molar-refractivity contribution >= 4 is 43.5 Å². The second kappa shape index (κ2) is 5.68. The van der Waals surface area contributed by atoms with E-state index in [0.29, 0.717) is 17.2 Å². The molecule has 1 N–H and O–H groups in total. The highest BCUT2D eigenvalue weighted by Crippen LogP contribution is 2.42. The molecule has 1 unspecified atom stereocenters. The monoisotopic (exact) mass is 416 g/mol. The molecular weight excluding hydrogens is 407 g/mol. The zero-order valence-corrected chi connectivity index (χ0v) is 14.2. The van der Waals surface area contributed by atoms with Crippen LogP contribution < -0.4 is 4.74 Å². The average Bonchev–Trinajstić information content (AvgIpc) is 2.41. The van der Waals surface area contributed by atoms with Gasteiger partial charge in [0, 0.05) is 20.9 Å². The Morgan fingerprint density at radius 2 is 1.95 bits per heavy atom. The summed E-state index contributed by atoms with van der Waals surface area (Å²) >= 11 is 12.8. The van der Waals surface area contributed by atoms with Crippen LogP contribution in [0.4, 0.5) is 0 Å². The number of aliphatic hydroxyl groups is 1. The molecule has 0 saturated carbocycles. The first-order valence-electron chi connectivity index (χ1n) is 6.13. The molecule has 5 heteroatoms. The van der Waals surface area contributed by atoms with Crippen LogP contribution >= 0.6 is 43.5 Å². The molecule has 2 aromatic rings. The molecule has 2 nitrogen and oxygen atoms in total. The number of hydrogen-bond donors (Lipinski definition) is 1. The zero-order chi connectivity index (χ0) is 14.3. The van der Waals surface area contributed by atoms with Crippen molar-refractivity contribution in [1.29, 1.82) is 0 Å². The van der Waals surface area contributed by atoms with Gasteiger partial charge in [0.1, 0.15) is 11.9 Å². The molecule has 20 heavy (non-hydrogen) atoms. The Morgan fingerprint density at radius 3 is 2.70 bits per heavy atom. The third-order valence-electron chi connectivity index (χ3n) is 3.36. The van der Waals surface area contributed by atoms with Gasteiger partial charge in [0.05, 0.1) is 11.1 Å². The molecule has 104 valence electrons. The van der Waals surface area contributed by atoms with Crippen molar-refractivity contribution in [3.05, 3.63) is 61.5 Å². The van der Waals surface area contributed by atoms with Gasteiger partial charge in [-0.2, -0.15) is 0 Å². The molecule has 1 heterocycles. The summed E-state index contributed by atoms with van der Waals surface area (Å²) in [4.78, 5) is 0. The van der Waals surface area contributed by atoms with Crippen molar-refractivity contribution in [2.75, 3.05) is 0 Å². The fourth-order valence-electron chi connectivity index (χ4n) is 2.33. The van der Waals surface area contributed by atoms with Gasteiger partial charge in [-0.15, -0.1) is 0 Å². The number of ether oxygens (including phenoxy) is 1. The lowest BCUT2D eigenvalue weighted by atomic mass is 9.95. The van der Waals surface area contributed by atoms with E-state index in [0.717, 1.165) is 20.1 Å². The highest BCUT2D eigenvalue weighted by atomic mass is 79.9. The first-order valence-corrected chi connectivity index (χ1v) is 8.10. The highest BCUT2D eigenvalue weighted by Gasteiger charge is 2.28. The maximum Gasteiger partial charge on any atom is 0.127 e. The Kier molecular flexibility index (Phi) is 4.09. The van der Waals surface area contributed by atoms with Crippen LogP contribution in [0.3, 0.4) is 0 Å². The van der Waals surface area contributed by atoms with Crippen LogP contribution in [0.1, 0.15) is 29.8 Å². The van der Waals surface area contributed by atoms with E-state index in [9.17, 15) is 5.11 Å². The molecule has 0 amide bonds. The highest BCUT2D eigenvalue weighted by molar-refractivity contribution is 9.10. The Morgan fingerprint density at radius 1 is 1.15 bits per heavy atom. The molecule has 1 aliphatic heterocycles. The number of halogens is 3. The van der Waals surface area contributed by atoms with Gasteiger partial charge in [0.15, 0.2) is 0 Å². The van der Waals surface area contributed by atoms with Crippen LogP contribution in [-0.4, -0.2) is 5.11 Å². The summed E-state index contributed by atoms with van der Waals surface area (Å²) in [5.41, 5.74) is 1.82. The van der Waals surface area contributed by atoms with E-state index in [1.165, 1.54) is 0 Å². The summed E-state index contributed by atoms with van der Waals surface area (Å²) in [6.07, 6.45) is -0.172. The van der Waals surface area contributed by atoms with Gasteiger partial charge in [0.2, 0.25) is 0 Å². The van der Waals surface area contributed by atoms with Crippen LogP contribution in [0.5, 0.6) is 5.75 Å². The van der Waals surface area contributed by atoms with Gasteiger partial charge < -0.3 is 9.84 Å². The molecule has 2 atom stereocenters. The molecule has 0 fully saturated rings. The maximum absolute atomic E-state index is 10.3. The van der Waals surface area contributed by atoms with Crippen LogP contribution in [0.25, 0.3) is 0 Å². The van der Waals surface area contributed by atoms with E-state index in [2.05, 4.69) is 31.9 Å². The second-order valence-corrected chi connectivity index (χ2v) is 6.89. The van der Waals surface area contributed by atoms with Crippen molar-refractivity contribution in [3.63, 3.8) is 0 Å². The number of hydrogen-bond acceptors (Lipinski definition) is 2. The smallest absolute Gasteiger partial charge is 0.127 e. The van der Waals surface area contributed by atoms with Crippen LogP contribution in [0.15, 0.2) is 45.3 Å². The van der Waals surface area contributed by atoms with Gasteiger partial charge in [-0.05, 0) is 45.8 Å². The third kappa shape index (κ3) is 2.75. The quantitative estimate of drug-likeness (QED) is 0.670. The second-order valence-electron chi connectivity index (χ2n) is 4.71. The first kappa shape index (κ1) is 14.4. The third-order valence-corrected chi connectivity index (χ3v) is 5.06. The molecular formula is C15H11Br2ClO2. The summed E-state index contributed by atoms with van der Waals surface area (Å²) in [5.74, 6) is 0.717. The number of rotatable bonds is 1. The van der Waals surface area contributed by atoms with Crippen molar-refractivity contribution in [1.82, 2.24) is 0 Å². The SMILES string of the molecule is O[C@H]1CC(c2ccc(Cl)c(Br)c2)Oc2cc(Br)ccc21. The van der Waals surface area contributed by atoms with Crippen molar-refractivity contribution in [2.45, 2.75) is 18.6 Å². The van der Waals surface area contributed by atoms with Crippen molar-refractivity contribution < 1.29 is 9.84 Å². The minimum atomic E-state index is -0.522. The number of fused-ring (bicyclic) bond motifs is 1. The Labute approximate surface area is 139 Å². The van der Waals surface area contributed by atoms with Crippen LogP contribution in [0.2, 0.25) is 5.02 Å². The van der Waals surface area contributed by atoms with Gasteiger partial charge in [0.25, 0.3) is 0 Å². The van der Waals surface area contributed by atoms with E-state index in [-0.39, 0.29) is 6.10 Å². The van der Waals surface area contributed by atoms with Crippen molar-refractivity contribution in [3.8, 4) is 5.75 Å². The summed E-state index contributed by atoms with van der Waals surface area (Å²) in [7, 11) is 0. The summed E-state index contributed by atoms with van der Waals surface area (Å²) in [6, 6.07) is 11.4. The summed E-state index contributed by atoms with van der Waals surface area (Å²) in [5, 5.41) is 10.9. The normalized spacial score (nSPS) is 21.2. The lowest BCUT2D eigenvalue weighted by Gasteiger charge is -2.30. The molecule has 0 aliphatic carbocycles.